The number of likely N-dealkylation sites (tertiary alicyclic amines) is 1. The van der Waals surface area contributed by atoms with E-state index in [2.05, 4.69) is 0 Å². The number of carbonyl (C=O) groups excluding carboxylic acids is 1. The van der Waals surface area contributed by atoms with Gasteiger partial charge in [0, 0.05) is 19.7 Å². The van der Waals surface area contributed by atoms with Gasteiger partial charge in [0.05, 0.1) is 6.61 Å². The van der Waals surface area contributed by atoms with Gasteiger partial charge >= 0.3 is 0 Å². The standard InChI is InChI=1S/C15H19F2NO2/c1-2-20-10-11-5-4-8-18(9-11)15(19)14-12(16)6-3-7-13(14)17/h3,6-7,11H,2,4-5,8-10H2,1H3. The van der Waals surface area contributed by atoms with Crippen LogP contribution in [0.25, 0.3) is 0 Å². The fraction of sp³-hybridized carbons (Fsp3) is 0.533. The first-order chi connectivity index (χ1) is 9.63. The molecule has 1 saturated heterocycles. The summed E-state index contributed by atoms with van der Waals surface area (Å²) in [6.45, 7) is 4.16. The molecule has 1 atom stereocenters. The third kappa shape index (κ3) is 3.33. The van der Waals surface area contributed by atoms with E-state index in [1.54, 1.807) is 0 Å². The van der Waals surface area contributed by atoms with Gasteiger partial charge in [-0.05, 0) is 37.8 Å². The molecule has 0 aliphatic carbocycles. The van der Waals surface area contributed by atoms with Gasteiger partial charge in [-0.2, -0.15) is 0 Å². The average Bonchev–Trinajstić information content (AvgIpc) is 2.45. The van der Waals surface area contributed by atoms with Crippen molar-refractivity contribution in [2.75, 3.05) is 26.3 Å². The van der Waals surface area contributed by atoms with E-state index in [4.69, 9.17) is 4.74 Å². The van der Waals surface area contributed by atoms with Crippen LogP contribution in [0.3, 0.4) is 0 Å². The summed E-state index contributed by atoms with van der Waals surface area (Å²) < 4.78 is 32.7. The topological polar surface area (TPSA) is 29.5 Å². The van der Waals surface area contributed by atoms with Crippen LogP contribution in [0.1, 0.15) is 30.1 Å². The fourth-order valence-corrected chi connectivity index (χ4v) is 2.53. The Morgan fingerprint density at radius 3 is 2.75 bits per heavy atom. The third-order valence-corrected chi connectivity index (χ3v) is 3.54. The van der Waals surface area contributed by atoms with Crippen molar-refractivity contribution in [3.8, 4) is 0 Å². The average molecular weight is 283 g/mol. The Morgan fingerprint density at radius 1 is 1.40 bits per heavy atom. The summed E-state index contributed by atoms with van der Waals surface area (Å²) in [7, 11) is 0. The van der Waals surface area contributed by atoms with Crippen molar-refractivity contribution in [1.29, 1.82) is 0 Å². The van der Waals surface area contributed by atoms with Crippen LogP contribution in [-0.4, -0.2) is 37.1 Å². The number of carbonyl (C=O) groups is 1. The highest BCUT2D eigenvalue weighted by Gasteiger charge is 2.28. The molecule has 5 heteroatoms. The van der Waals surface area contributed by atoms with Crippen molar-refractivity contribution >= 4 is 5.91 Å². The minimum Gasteiger partial charge on any atom is -0.381 e. The van der Waals surface area contributed by atoms with Crippen LogP contribution >= 0.6 is 0 Å². The molecule has 3 nitrogen and oxygen atoms in total. The van der Waals surface area contributed by atoms with Crippen molar-refractivity contribution < 1.29 is 18.3 Å². The minimum absolute atomic E-state index is 0.238. The molecule has 20 heavy (non-hydrogen) atoms. The first kappa shape index (κ1) is 14.9. The zero-order valence-corrected chi connectivity index (χ0v) is 11.6. The normalized spacial score (nSPS) is 19.1. The summed E-state index contributed by atoms with van der Waals surface area (Å²) in [6.07, 6.45) is 1.81. The van der Waals surface area contributed by atoms with Crippen molar-refractivity contribution in [2.45, 2.75) is 19.8 Å². The van der Waals surface area contributed by atoms with Gasteiger partial charge in [-0.15, -0.1) is 0 Å². The largest absolute Gasteiger partial charge is 0.381 e. The van der Waals surface area contributed by atoms with Crippen molar-refractivity contribution in [3.05, 3.63) is 35.4 Å². The van der Waals surface area contributed by atoms with Crippen molar-refractivity contribution in [3.63, 3.8) is 0 Å². The lowest BCUT2D eigenvalue weighted by molar-refractivity contribution is 0.0494. The zero-order valence-electron chi connectivity index (χ0n) is 11.6. The monoisotopic (exact) mass is 283 g/mol. The Hall–Kier alpha value is -1.49. The zero-order chi connectivity index (χ0) is 14.5. The molecule has 1 fully saturated rings. The molecule has 110 valence electrons. The van der Waals surface area contributed by atoms with E-state index in [0.29, 0.717) is 26.3 Å². The fourth-order valence-electron chi connectivity index (χ4n) is 2.53. The molecule has 1 aromatic carbocycles. The van der Waals surface area contributed by atoms with E-state index in [1.807, 2.05) is 6.92 Å². The highest BCUT2D eigenvalue weighted by atomic mass is 19.1. The molecule has 1 aliphatic heterocycles. The SMILES string of the molecule is CCOCC1CCCN(C(=O)c2c(F)cccc2F)C1. The second kappa shape index (κ2) is 6.79. The molecule has 0 saturated carbocycles. The first-order valence-corrected chi connectivity index (χ1v) is 6.94. The van der Waals surface area contributed by atoms with Crippen LogP contribution in [0.2, 0.25) is 0 Å². The number of hydrogen-bond donors (Lipinski definition) is 0. The lowest BCUT2D eigenvalue weighted by atomic mass is 9.98. The molecule has 1 unspecified atom stereocenters. The first-order valence-electron chi connectivity index (χ1n) is 6.94. The van der Waals surface area contributed by atoms with Crippen LogP contribution in [0.4, 0.5) is 8.78 Å². The number of ether oxygens (including phenoxy) is 1. The molecule has 0 radical (unpaired) electrons. The predicted octanol–water partition coefficient (Wildman–Crippen LogP) is 2.85. The van der Waals surface area contributed by atoms with E-state index in [1.165, 1.54) is 11.0 Å². The molecule has 1 aromatic rings. The number of halogens is 2. The number of benzene rings is 1. The lowest BCUT2D eigenvalue weighted by Gasteiger charge is -2.32. The molecular formula is C15H19F2NO2. The van der Waals surface area contributed by atoms with Crippen LogP contribution in [0.5, 0.6) is 0 Å². The Bertz CT molecular complexity index is 459. The lowest BCUT2D eigenvalue weighted by Crippen LogP contribution is -2.41. The number of amides is 1. The van der Waals surface area contributed by atoms with E-state index in [-0.39, 0.29) is 5.92 Å². The van der Waals surface area contributed by atoms with Gasteiger partial charge in [-0.25, -0.2) is 8.78 Å². The van der Waals surface area contributed by atoms with Gasteiger partial charge < -0.3 is 9.64 Å². The van der Waals surface area contributed by atoms with Crippen LogP contribution < -0.4 is 0 Å². The summed E-state index contributed by atoms with van der Waals surface area (Å²) in [4.78, 5) is 13.8. The molecule has 1 amide bonds. The summed E-state index contributed by atoms with van der Waals surface area (Å²) in [5.41, 5.74) is -0.454. The third-order valence-electron chi connectivity index (χ3n) is 3.54. The number of hydrogen-bond acceptors (Lipinski definition) is 2. The van der Waals surface area contributed by atoms with Gasteiger partial charge in [0.2, 0.25) is 0 Å². The summed E-state index contributed by atoms with van der Waals surface area (Å²) in [5, 5.41) is 0. The molecule has 2 rings (SSSR count). The maximum atomic E-state index is 13.6. The number of piperidine rings is 1. The highest BCUT2D eigenvalue weighted by Crippen LogP contribution is 2.21. The van der Waals surface area contributed by atoms with Crippen LogP contribution in [0.15, 0.2) is 18.2 Å². The van der Waals surface area contributed by atoms with E-state index in [9.17, 15) is 13.6 Å². The van der Waals surface area contributed by atoms with Gasteiger partial charge in [0.25, 0.3) is 5.91 Å². The second-order valence-electron chi connectivity index (χ2n) is 5.02. The predicted molar refractivity (Wildman–Crippen MR) is 71.5 cm³/mol. The van der Waals surface area contributed by atoms with Crippen LogP contribution in [-0.2, 0) is 4.74 Å². The van der Waals surface area contributed by atoms with Gasteiger partial charge in [-0.3, -0.25) is 4.79 Å². The molecule has 0 bridgehead atoms. The van der Waals surface area contributed by atoms with E-state index < -0.39 is 23.1 Å². The summed E-state index contributed by atoms with van der Waals surface area (Å²) >= 11 is 0. The maximum absolute atomic E-state index is 13.6. The molecule has 0 spiro atoms. The molecule has 0 aromatic heterocycles. The smallest absolute Gasteiger partial charge is 0.259 e. The Kier molecular flexibility index (Phi) is 5.06. The molecular weight excluding hydrogens is 264 g/mol. The quantitative estimate of drug-likeness (QED) is 0.850. The summed E-state index contributed by atoms with van der Waals surface area (Å²) in [6, 6.07) is 3.48. The van der Waals surface area contributed by atoms with E-state index >= 15 is 0 Å². The van der Waals surface area contributed by atoms with Gasteiger partial charge in [-0.1, -0.05) is 6.07 Å². The highest BCUT2D eigenvalue weighted by molar-refractivity contribution is 5.94. The van der Waals surface area contributed by atoms with Crippen molar-refractivity contribution in [2.24, 2.45) is 5.92 Å². The Labute approximate surface area is 117 Å². The molecule has 1 aliphatic rings. The second-order valence-corrected chi connectivity index (χ2v) is 5.02. The van der Waals surface area contributed by atoms with E-state index in [0.717, 1.165) is 25.0 Å². The minimum atomic E-state index is -0.804. The maximum Gasteiger partial charge on any atom is 0.259 e. The Morgan fingerprint density at radius 2 is 2.10 bits per heavy atom. The van der Waals surface area contributed by atoms with Crippen molar-refractivity contribution in [1.82, 2.24) is 4.90 Å². The molecule has 0 N–H and O–H groups in total. The molecule has 1 heterocycles. The van der Waals surface area contributed by atoms with Gasteiger partial charge in [0.15, 0.2) is 0 Å². The number of nitrogens with zero attached hydrogens (tertiary/aromatic N) is 1. The number of rotatable bonds is 4. The van der Waals surface area contributed by atoms with Crippen LogP contribution in [0, 0.1) is 17.6 Å². The summed E-state index contributed by atoms with van der Waals surface area (Å²) in [5.74, 6) is -1.94. The Balaban J connectivity index is 2.08. The van der Waals surface area contributed by atoms with Gasteiger partial charge in [0.1, 0.15) is 17.2 Å².